The Morgan fingerprint density at radius 1 is 1.42 bits per heavy atom. The highest BCUT2D eigenvalue weighted by molar-refractivity contribution is 6.30. The van der Waals surface area contributed by atoms with Crippen molar-refractivity contribution in [3.63, 3.8) is 0 Å². The van der Waals surface area contributed by atoms with Crippen LogP contribution in [0.3, 0.4) is 0 Å². The van der Waals surface area contributed by atoms with Crippen molar-refractivity contribution in [3.8, 4) is 0 Å². The van der Waals surface area contributed by atoms with Gasteiger partial charge in [-0.1, -0.05) is 31.5 Å². The maximum atomic E-state index is 11.0. The highest BCUT2D eigenvalue weighted by Crippen LogP contribution is 2.26. The Morgan fingerprint density at radius 3 is 2.68 bits per heavy atom. The molecule has 0 heterocycles. The standard InChI is InChI=1S/C14H21ClN2O2/c1-4-7-16-11(3)10(2)8-12-5-6-13(15)9-14(12)17(18)19/h5-6,9-11,16H,4,7-8H2,1-3H3. The monoisotopic (exact) mass is 284 g/mol. The first-order valence-electron chi connectivity index (χ1n) is 6.61. The van der Waals surface area contributed by atoms with Gasteiger partial charge in [-0.15, -0.1) is 0 Å². The van der Waals surface area contributed by atoms with Crippen LogP contribution in [-0.4, -0.2) is 17.5 Å². The van der Waals surface area contributed by atoms with E-state index in [4.69, 9.17) is 11.6 Å². The van der Waals surface area contributed by atoms with E-state index in [0.29, 0.717) is 23.4 Å². The maximum absolute atomic E-state index is 11.0. The van der Waals surface area contributed by atoms with E-state index in [1.54, 1.807) is 12.1 Å². The summed E-state index contributed by atoms with van der Waals surface area (Å²) in [5.74, 6) is 0.325. The van der Waals surface area contributed by atoms with Gasteiger partial charge in [-0.3, -0.25) is 10.1 Å². The number of nitrogens with zero attached hydrogens (tertiary/aromatic N) is 1. The van der Waals surface area contributed by atoms with E-state index in [1.165, 1.54) is 6.07 Å². The molecule has 0 aliphatic rings. The first-order valence-corrected chi connectivity index (χ1v) is 6.99. The lowest BCUT2D eigenvalue weighted by atomic mass is 9.94. The van der Waals surface area contributed by atoms with Crippen molar-refractivity contribution in [3.05, 3.63) is 38.9 Å². The number of hydrogen-bond acceptors (Lipinski definition) is 3. The molecule has 0 amide bonds. The summed E-state index contributed by atoms with van der Waals surface area (Å²) in [6.07, 6.45) is 1.75. The molecule has 0 saturated carbocycles. The van der Waals surface area contributed by atoms with Gasteiger partial charge in [0.2, 0.25) is 0 Å². The number of nitro benzene ring substituents is 1. The summed E-state index contributed by atoms with van der Waals surface area (Å²) in [6.45, 7) is 7.30. The number of nitrogens with one attached hydrogen (secondary N) is 1. The largest absolute Gasteiger partial charge is 0.314 e. The van der Waals surface area contributed by atoms with Gasteiger partial charge in [0.15, 0.2) is 0 Å². The molecule has 2 unspecified atom stereocenters. The Bertz CT molecular complexity index is 437. The minimum atomic E-state index is -0.363. The Labute approximate surface area is 119 Å². The van der Waals surface area contributed by atoms with E-state index in [9.17, 15) is 10.1 Å². The minimum Gasteiger partial charge on any atom is -0.314 e. The number of nitro groups is 1. The fourth-order valence-corrected chi connectivity index (χ4v) is 2.14. The summed E-state index contributed by atoms with van der Waals surface area (Å²) in [5, 5.41) is 14.8. The van der Waals surface area contributed by atoms with Gasteiger partial charge in [-0.05, 0) is 38.3 Å². The van der Waals surface area contributed by atoms with E-state index in [0.717, 1.165) is 18.5 Å². The average Bonchev–Trinajstić information content (AvgIpc) is 2.37. The highest BCUT2D eigenvalue weighted by atomic mass is 35.5. The SMILES string of the molecule is CCCNC(C)C(C)Cc1ccc(Cl)cc1[N+](=O)[O-]. The lowest BCUT2D eigenvalue weighted by molar-refractivity contribution is -0.385. The zero-order chi connectivity index (χ0) is 14.4. The van der Waals surface area contributed by atoms with Gasteiger partial charge in [-0.2, -0.15) is 0 Å². The molecule has 1 aromatic rings. The molecule has 19 heavy (non-hydrogen) atoms. The summed E-state index contributed by atoms with van der Waals surface area (Å²) in [5.41, 5.74) is 0.856. The maximum Gasteiger partial charge on any atom is 0.274 e. The molecule has 0 spiro atoms. The number of rotatable bonds is 7. The molecule has 5 heteroatoms. The zero-order valence-electron chi connectivity index (χ0n) is 11.6. The molecule has 0 saturated heterocycles. The van der Waals surface area contributed by atoms with Gasteiger partial charge in [-0.25, -0.2) is 0 Å². The van der Waals surface area contributed by atoms with Gasteiger partial charge in [0.1, 0.15) is 0 Å². The molecule has 2 atom stereocenters. The van der Waals surface area contributed by atoms with Crippen molar-refractivity contribution >= 4 is 17.3 Å². The quantitative estimate of drug-likeness (QED) is 0.612. The van der Waals surface area contributed by atoms with Gasteiger partial charge < -0.3 is 5.32 Å². The second-order valence-corrected chi connectivity index (χ2v) is 5.39. The van der Waals surface area contributed by atoms with Crippen LogP contribution in [0, 0.1) is 16.0 Å². The van der Waals surface area contributed by atoms with Crippen LogP contribution in [0.2, 0.25) is 5.02 Å². The predicted molar refractivity (Wildman–Crippen MR) is 78.7 cm³/mol. The molecule has 1 aromatic carbocycles. The molecule has 0 bridgehead atoms. The topological polar surface area (TPSA) is 55.2 Å². The molecular weight excluding hydrogens is 264 g/mol. The number of hydrogen-bond donors (Lipinski definition) is 1. The van der Waals surface area contributed by atoms with Gasteiger partial charge in [0, 0.05) is 22.7 Å². The van der Waals surface area contributed by atoms with Crippen molar-refractivity contribution in [2.75, 3.05) is 6.54 Å². The normalized spacial score (nSPS) is 14.1. The number of benzene rings is 1. The molecule has 1 rings (SSSR count). The summed E-state index contributed by atoms with van der Waals surface area (Å²) in [6, 6.07) is 5.22. The minimum absolute atomic E-state index is 0.113. The first kappa shape index (κ1) is 15.9. The molecule has 0 fully saturated rings. The lowest BCUT2D eigenvalue weighted by Gasteiger charge is -2.21. The summed E-state index contributed by atoms with van der Waals surface area (Å²) >= 11 is 5.81. The third-order valence-corrected chi connectivity index (χ3v) is 3.59. The fourth-order valence-electron chi connectivity index (χ4n) is 1.98. The zero-order valence-corrected chi connectivity index (χ0v) is 12.4. The van der Waals surface area contributed by atoms with E-state index in [2.05, 4.69) is 26.1 Å². The van der Waals surface area contributed by atoms with Crippen molar-refractivity contribution in [1.29, 1.82) is 0 Å². The van der Waals surface area contributed by atoms with Gasteiger partial charge in [0.25, 0.3) is 5.69 Å². The predicted octanol–water partition coefficient (Wildman–Crippen LogP) is 3.81. The van der Waals surface area contributed by atoms with E-state index < -0.39 is 0 Å². The van der Waals surface area contributed by atoms with Crippen LogP contribution in [0.15, 0.2) is 18.2 Å². The number of halogens is 1. The Hall–Kier alpha value is -1.13. The molecule has 0 aliphatic heterocycles. The average molecular weight is 285 g/mol. The Kier molecular flexibility index (Phi) is 6.25. The molecule has 0 aliphatic carbocycles. The second kappa shape index (κ2) is 7.46. The third-order valence-electron chi connectivity index (χ3n) is 3.36. The third kappa shape index (κ3) is 4.80. The summed E-state index contributed by atoms with van der Waals surface area (Å²) in [4.78, 5) is 10.7. The van der Waals surface area contributed by atoms with Crippen LogP contribution in [0.4, 0.5) is 5.69 Å². The summed E-state index contributed by atoms with van der Waals surface area (Å²) < 4.78 is 0. The second-order valence-electron chi connectivity index (χ2n) is 4.95. The highest BCUT2D eigenvalue weighted by Gasteiger charge is 2.19. The Morgan fingerprint density at radius 2 is 2.11 bits per heavy atom. The van der Waals surface area contributed by atoms with Crippen molar-refractivity contribution in [2.45, 2.75) is 39.7 Å². The molecule has 1 N–H and O–H groups in total. The van der Waals surface area contributed by atoms with Crippen LogP contribution < -0.4 is 5.32 Å². The molecule has 0 aromatic heterocycles. The molecule has 106 valence electrons. The van der Waals surface area contributed by atoms with Crippen molar-refractivity contribution in [2.24, 2.45) is 5.92 Å². The first-order chi connectivity index (χ1) is 8.95. The van der Waals surface area contributed by atoms with Crippen LogP contribution in [0.1, 0.15) is 32.8 Å². The van der Waals surface area contributed by atoms with Crippen molar-refractivity contribution < 1.29 is 4.92 Å². The molecule has 4 nitrogen and oxygen atoms in total. The van der Waals surface area contributed by atoms with E-state index in [1.807, 2.05) is 0 Å². The van der Waals surface area contributed by atoms with Crippen LogP contribution in [0.5, 0.6) is 0 Å². The van der Waals surface area contributed by atoms with Gasteiger partial charge >= 0.3 is 0 Å². The van der Waals surface area contributed by atoms with E-state index in [-0.39, 0.29) is 10.6 Å². The van der Waals surface area contributed by atoms with Crippen LogP contribution in [-0.2, 0) is 6.42 Å². The lowest BCUT2D eigenvalue weighted by Crippen LogP contribution is -2.33. The summed E-state index contributed by atoms with van der Waals surface area (Å²) in [7, 11) is 0. The van der Waals surface area contributed by atoms with E-state index >= 15 is 0 Å². The Balaban J connectivity index is 2.78. The van der Waals surface area contributed by atoms with Crippen LogP contribution >= 0.6 is 11.6 Å². The smallest absolute Gasteiger partial charge is 0.274 e. The molecule has 0 radical (unpaired) electrons. The van der Waals surface area contributed by atoms with Crippen molar-refractivity contribution in [1.82, 2.24) is 5.32 Å². The van der Waals surface area contributed by atoms with Crippen LogP contribution in [0.25, 0.3) is 0 Å². The van der Waals surface area contributed by atoms with Gasteiger partial charge in [0.05, 0.1) is 4.92 Å². The molecular formula is C14H21ClN2O2. The fraction of sp³-hybridized carbons (Fsp3) is 0.571.